The van der Waals surface area contributed by atoms with Crippen LogP contribution >= 0.6 is 23.2 Å². The summed E-state index contributed by atoms with van der Waals surface area (Å²) in [6.45, 7) is 4.07. The second-order valence-electron chi connectivity index (χ2n) is 9.19. The zero-order valence-corrected chi connectivity index (χ0v) is 20.8. The first-order chi connectivity index (χ1) is 16.9. The van der Waals surface area contributed by atoms with Gasteiger partial charge in [0, 0.05) is 37.8 Å². The number of anilines is 1. The number of aromatic nitrogens is 1. The number of aromatic amines is 1. The number of halogens is 2. The summed E-state index contributed by atoms with van der Waals surface area (Å²) in [7, 11) is 0. The molecule has 1 atom stereocenters. The highest BCUT2D eigenvalue weighted by molar-refractivity contribution is 6.31. The average molecular weight is 497 g/mol. The topological polar surface area (TPSA) is 44.9 Å². The van der Waals surface area contributed by atoms with E-state index in [4.69, 9.17) is 23.2 Å². The van der Waals surface area contributed by atoms with E-state index in [-0.39, 0.29) is 5.78 Å². The molecule has 0 saturated carbocycles. The van der Waals surface area contributed by atoms with Gasteiger partial charge >= 0.3 is 0 Å². The molecule has 3 nitrogen and oxygen atoms in total. The van der Waals surface area contributed by atoms with Crippen molar-refractivity contribution in [1.82, 2.24) is 4.98 Å². The van der Waals surface area contributed by atoms with Gasteiger partial charge in [0.25, 0.3) is 0 Å². The second-order valence-corrected chi connectivity index (χ2v) is 10.1. The number of benzene rings is 4. The first-order valence-corrected chi connectivity index (χ1v) is 12.2. The van der Waals surface area contributed by atoms with Gasteiger partial charge in [-0.2, -0.15) is 0 Å². The van der Waals surface area contributed by atoms with Gasteiger partial charge in [-0.15, -0.1) is 0 Å². The predicted molar refractivity (Wildman–Crippen MR) is 145 cm³/mol. The first kappa shape index (κ1) is 22.0. The number of hydrogen-bond donors (Lipinski definition) is 2. The molecule has 4 aromatic carbocycles. The van der Waals surface area contributed by atoms with Crippen LogP contribution in [0.15, 0.2) is 84.9 Å². The minimum atomic E-state index is -1.14. The zero-order chi connectivity index (χ0) is 24.3. The van der Waals surface area contributed by atoms with E-state index in [0.29, 0.717) is 15.6 Å². The molecule has 35 heavy (non-hydrogen) atoms. The Labute approximate surface area is 213 Å². The van der Waals surface area contributed by atoms with Crippen LogP contribution < -0.4 is 5.32 Å². The van der Waals surface area contributed by atoms with Gasteiger partial charge in [0.15, 0.2) is 11.3 Å². The largest absolute Gasteiger partial charge is 0.365 e. The van der Waals surface area contributed by atoms with Crippen LogP contribution in [0.3, 0.4) is 0 Å². The fraction of sp³-hybridized carbons (Fsp3) is 0.100. The Morgan fingerprint density at radius 1 is 0.743 bits per heavy atom. The van der Waals surface area contributed by atoms with E-state index in [1.807, 2.05) is 73.7 Å². The molecule has 1 aliphatic rings. The average Bonchev–Trinajstić information content (AvgIpc) is 3.36. The summed E-state index contributed by atoms with van der Waals surface area (Å²) in [5.41, 5.74) is 7.04. The molecule has 1 aliphatic heterocycles. The molecule has 0 radical (unpaired) electrons. The van der Waals surface area contributed by atoms with Crippen LogP contribution in [0.2, 0.25) is 10.0 Å². The number of hydrogen-bond acceptors (Lipinski definition) is 2. The monoisotopic (exact) mass is 496 g/mol. The number of carbonyl (C=O) groups is 1. The summed E-state index contributed by atoms with van der Waals surface area (Å²) in [5.74, 6) is 0.0103. The van der Waals surface area contributed by atoms with Crippen molar-refractivity contribution in [2.75, 3.05) is 5.32 Å². The summed E-state index contributed by atoms with van der Waals surface area (Å²) in [6, 6.07) is 27.5. The predicted octanol–water partition coefficient (Wildman–Crippen LogP) is 8.31. The molecular weight excluding hydrogens is 475 g/mol. The maximum atomic E-state index is 14.5. The molecule has 2 N–H and O–H groups in total. The highest BCUT2D eigenvalue weighted by Crippen LogP contribution is 2.50. The summed E-state index contributed by atoms with van der Waals surface area (Å²) in [5, 5.41) is 5.93. The molecule has 0 bridgehead atoms. The van der Waals surface area contributed by atoms with Crippen molar-refractivity contribution in [3.63, 3.8) is 0 Å². The lowest BCUT2D eigenvalue weighted by Crippen LogP contribution is -2.40. The van der Waals surface area contributed by atoms with Gasteiger partial charge in [0.2, 0.25) is 0 Å². The molecule has 2 heterocycles. The van der Waals surface area contributed by atoms with Crippen molar-refractivity contribution in [3.8, 4) is 11.3 Å². The summed E-state index contributed by atoms with van der Waals surface area (Å²) in [6.07, 6.45) is 0. The van der Waals surface area contributed by atoms with Crippen molar-refractivity contribution >= 4 is 45.6 Å². The molecular formula is C30H22Cl2N2O. The summed E-state index contributed by atoms with van der Waals surface area (Å²) >= 11 is 12.5. The molecule has 172 valence electrons. The Morgan fingerprint density at radius 3 is 2.09 bits per heavy atom. The fourth-order valence-electron chi connectivity index (χ4n) is 5.17. The molecule has 0 amide bonds. The molecule has 1 unspecified atom stereocenters. The lowest BCUT2D eigenvalue weighted by Gasteiger charge is -2.31. The zero-order valence-electron chi connectivity index (χ0n) is 19.2. The smallest absolute Gasteiger partial charge is 0.199 e. The lowest BCUT2D eigenvalue weighted by molar-refractivity contribution is 0.0942. The quantitative estimate of drug-likeness (QED) is 0.263. The van der Waals surface area contributed by atoms with Gasteiger partial charge < -0.3 is 10.3 Å². The van der Waals surface area contributed by atoms with E-state index >= 15 is 0 Å². The molecule has 5 aromatic rings. The van der Waals surface area contributed by atoms with E-state index in [1.165, 1.54) is 0 Å². The third kappa shape index (κ3) is 3.38. The maximum absolute atomic E-state index is 14.5. The van der Waals surface area contributed by atoms with Crippen LogP contribution in [0.25, 0.3) is 22.2 Å². The molecule has 0 spiro atoms. The lowest BCUT2D eigenvalue weighted by atomic mass is 9.77. The molecule has 0 saturated heterocycles. The van der Waals surface area contributed by atoms with Gasteiger partial charge in [-0.3, -0.25) is 4.79 Å². The highest BCUT2D eigenvalue weighted by atomic mass is 35.5. The van der Waals surface area contributed by atoms with E-state index in [1.54, 1.807) is 0 Å². The minimum absolute atomic E-state index is 0.0103. The number of H-pyrrole nitrogens is 1. The summed E-state index contributed by atoms with van der Waals surface area (Å²) < 4.78 is 0. The standard InChI is InChI=1S/C30H22Cl2N2O/c1-17-3-13-25-23(15-17)27(28(33-25)19-5-9-21(31)10-6-19)30(20-7-11-22(32)12-8-20)29(35)24-16-18(2)4-14-26(24)34-30/h3-16,33-34H,1-2H3. The Balaban J connectivity index is 1.74. The highest BCUT2D eigenvalue weighted by Gasteiger charge is 2.51. The van der Waals surface area contributed by atoms with E-state index in [2.05, 4.69) is 35.4 Å². The molecule has 0 aliphatic carbocycles. The van der Waals surface area contributed by atoms with Crippen molar-refractivity contribution in [3.05, 3.63) is 123 Å². The first-order valence-electron chi connectivity index (χ1n) is 11.5. The van der Waals surface area contributed by atoms with Crippen LogP contribution in [0, 0.1) is 13.8 Å². The van der Waals surface area contributed by atoms with Crippen molar-refractivity contribution in [2.45, 2.75) is 19.4 Å². The van der Waals surface area contributed by atoms with Crippen LogP contribution in [0.1, 0.15) is 32.6 Å². The van der Waals surface area contributed by atoms with Crippen molar-refractivity contribution < 1.29 is 4.79 Å². The van der Waals surface area contributed by atoms with Crippen LogP contribution in [-0.2, 0) is 5.54 Å². The molecule has 6 rings (SSSR count). The molecule has 5 heteroatoms. The van der Waals surface area contributed by atoms with Gasteiger partial charge in [-0.05, 0) is 73.5 Å². The number of aryl methyl sites for hydroxylation is 2. The third-order valence-corrected chi connectivity index (χ3v) is 7.33. The van der Waals surface area contributed by atoms with Crippen molar-refractivity contribution in [1.29, 1.82) is 0 Å². The molecule has 0 fully saturated rings. The number of fused-ring (bicyclic) bond motifs is 2. The van der Waals surface area contributed by atoms with Crippen LogP contribution in [0.5, 0.6) is 0 Å². The number of rotatable bonds is 3. The Morgan fingerprint density at radius 2 is 1.37 bits per heavy atom. The number of ketones is 1. The van der Waals surface area contributed by atoms with Crippen LogP contribution in [0.4, 0.5) is 5.69 Å². The number of nitrogens with one attached hydrogen (secondary N) is 2. The van der Waals surface area contributed by atoms with E-state index < -0.39 is 5.54 Å². The third-order valence-electron chi connectivity index (χ3n) is 6.82. The second kappa shape index (κ2) is 8.01. The van der Waals surface area contributed by atoms with E-state index in [0.717, 1.165) is 50.1 Å². The summed E-state index contributed by atoms with van der Waals surface area (Å²) in [4.78, 5) is 18.1. The SMILES string of the molecule is Cc1ccc2c(c1)C(=O)C(c1ccc(Cl)cc1)(c1c(-c3ccc(Cl)cc3)[nH]c3ccc(C)cc13)N2. The Bertz CT molecular complexity index is 1620. The Hall–Kier alpha value is -3.53. The molecule has 1 aromatic heterocycles. The fourth-order valence-corrected chi connectivity index (χ4v) is 5.42. The van der Waals surface area contributed by atoms with Gasteiger partial charge in [-0.1, -0.05) is 70.7 Å². The number of Topliss-reactive ketones (excluding diaryl/α,β-unsaturated/α-hetero) is 1. The Kier molecular flexibility index (Phi) is 5.03. The van der Waals surface area contributed by atoms with E-state index in [9.17, 15) is 4.79 Å². The number of carbonyl (C=O) groups excluding carboxylic acids is 1. The van der Waals surface area contributed by atoms with Gasteiger partial charge in [0.05, 0.1) is 5.69 Å². The van der Waals surface area contributed by atoms with Gasteiger partial charge in [-0.25, -0.2) is 0 Å². The normalized spacial score (nSPS) is 17.0. The maximum Gasteiger partial charge on any atom is 0.199 e. The minimum Gasteiger partial charge on any atom is -0.365 e. The van der Waals surface area contributed by atoms with Crippen LogP contribution in [-0.4, -0.2) is 10.8 Å². The van der Waals surface area contributed by atoms with Crippen molar-refractivity contribution in [2.24, 2.45) is 0 Å². The van der Waals surface area contributed by atoms with Gasteiger partial charge in [0.1, 0.15) is 0 Å².